The Kier molecular flexibility index (Phi) is 7.45. The van der Waals surface area contributed by atoms with Crippen molar-refractivity contribution in [2.24, 2.45) is 0 Å². The van der Waals surface area contributed by atoms with Gasteiger partial charge in [-0.05, 0) is 55.8 Å². The van der Waals surface area contributed by atoms with Crippen LogP contribution in [0, 0.1) is 6.92 Å². The number of nitrogens with one attached hydrogen (secondary N) is 1. The maximum absolute atomic E-state index is 13.3. The van der Waals surface area contributed by atoms with Crippen molar-refractivity contribution < 1.29 is 18.0 Å². The van der Waals surface area contributed by atoms with E-state index in [9.17, 15) is 18.0 Å². The molecular formula is C24H23ClN2O4S. The summed E-state index contributed by atoms with van der Waals surface area (Å²) in [5.74, 6) is -0.650. The number of benzene rings is 3. The van der Waals surface area contributed by atoms with Gasteiger partial charge in [0.1, 0.15) is 0 Å². The molecule has 0 bridgehead atoms. The molecule has 0 saturated carbocycles. The van der Waals surface area contributed by atoms with Crippen LogP contribution in [0.4, 0.5) is 5.69 Å². The number of anilines is 1. The first-order valence-corrected chi connectivity index (χ1v) is 11.7. The van der Waals surface area contributed by atoms with Crippen molar-refractivity contribution in [3.05, 3.63) is 94.5 Å². The number of nitrogens with zero attached hydrogens (tertiary/aromatic N) is 1. The van der Waals surface area contributed by atoms with Gasteiger partial charge in [-0.1, -0.05) is 53.6 Å². The third kappa shape index (κ3) is 6.03. The summed E-state index contributed by atoms with van der Waals surface area (Å²) in [7, 11) is -3.98. The lowest BCUT2D eigenvalue weighted by molar-refractivity contribution is -0.116. The van der Waals surface area contributed by atoms with E-state index < -0.39 is 22.5 Å². The number of amides is 1. The number of sulfonamides is 1. The second-order valence-electron chi connectivity index (χ2n) is 7.40. The highest BCUT2D eigenvalue weighted by atomic mass is 35.5. The summed E-state index contributed by atoms with van der Waals surface area (Å²) in [6.07, 6.45) is 0. The van der Waals surface area contributed by atoms with Crippen molar-refractivity contribution in [2.45, 2.75) is 25.3 Å². The number of Topliss-reactive ketones (excluding diaryl/α,β-unsaturated/α-hetero) is 1. The molecule has 3 rings (SSSR count). The maximum Gasteiger partial charge on any atom is 0.243 e. The van der Waals surface area contributed by atoms with Gasteiger partial charge < -0.3 is 5.32 Å². The minimum atomic E-state index is -3.98. The molecule has 3 aromatic rings. The standard InChI is InChI=1S/C24H23ClN2O4S/c1-17-6-8-19(9-7-17)15-27(32(30,31)23-12-10-21(25)11-13-23)16-24(29)26-22-5-3-4-20(14-22)18(2)28/h3-14H,15-16H2,1-2H3,(H,26,29). The molecule has 166 valence electrons. The second-order valence-corrected chi connectivity index (χ2v) is 9.77. The molecule has 0 atom stereocenters. The molecule has 0 aliphatic carbocycles. The van der Waals surface area contributed by atoms with Crippen LogP contribution >= 0.6 is 11.6 Å². The molecule has 0 spiro atoms. The summed E-state index contributed by atoms with van der Waals surface area (Å²) in [4.78, 5) is 24.4. The van der Waals surface area contributed by atoms with Crippen molar-refractivity contribution in [1.29, 1.82) is 0 Å². The van der Waals surface area contributed by atoms with Gasteiger partial charge in [0.15, 0.2) is 5.78 Å². The van der Waals surface area contributed by atoms with E-state index in [0.29, 0.717) is 16.3 Å². The van der Waals surface area contributed by atoms with E-state index in [4.69, 9.17) is 11.6 Å². The highest BCUT2D eigenvalue weighted by molar-refractivity contribution is 7.89. The first-order chi connectivity index (χ1) is 15.1. The summed E-state index contributed by atoms with van der Waals surface area (Å²) in [6.45, 7) is 2.99. The SMILES string of the molecule is CC(=O)c1cccc(NC(=O)CN(Cc2ccc(C)cc2)S(=O)(=O)c2ccc(Cl)cc2)c1. The molecule has 6 nitrogen and oxygen atoms in total. The molecule has 0 fully saturated rings. The van der Waals surface area contributed by atoms with Crippen LogP contribution in [0.25, 0.3) is 0 Å². The van der Waals surface area contributed by atoms with Crippen molar-refractivity contribution >= 4 is 39.0 Å². The van der Waals surface area contributed by atoms with Crippen molar-refractivity contribution in [1.82, 2.24) is 4.31 Å². The Labute approximate surface area is 192 Å². The molecule has 0 radical (unpaired) electrons. The predicted octanol–water partition coefficient (Wildman–Crippen LogP) is 4.68. The molecule has 0 aliphatic rings. The average molecular weight is 471 g/mol. The van der Waals surface area contributed by atoms with Crippen LogP contribution in [0.15, 0.2) is 77.7 Å². The van der Waals surface area contributed by atoms with Gasteiger partial charge in [-0.3, -0.25) is 9.59 Å². The normalized spacial score (nSPS) is 11.4. The number of carbonyl (C=O) groups is 2. The minimum absolute atomic E-state index is 0.0200. The number of aryl methyl sites for hydroxylation is 1. The number of carbonyl (C=O) groups excluding carboxylic acids is 2. The Hall–Kier alpha value is -3.00. The molecule has 1 amide bonds. The van der Waals surface area contributed by atoms with Gasteiger partial charge in [0, 0.05) is 22.8 Å². The van der Waals surface area contributed by atoms with Crippen molar-refractivity contribution in [3.63, 3.8) is 0 Å². The van der Waals surface area contributed by atoms with Crippen molar-refractivity contribution in [3.8, 4) is 0 Å². The van der Waals surface area contributed by atoms with Crippen LogP contribution in [0.1, 0.15) is 28.4 Å². The smallest absolute Gasteiger partial charge is 0.243 e. The molecule has 32 heavy (non-hydrogen) atoms. The fourth-order valence-corrected chi connectivity index (χ4v) is 4.57. The Balaban J connectivity index is 1.87. The lowest BCUT2D eigenvalue weighted by atomic mass is 10.1. The van der Waals surface area contributed by atoms with E-state index in [-0.39, 0.29) is 17.2 Å². The van der Waals surface area contributed by atoms with E-state index in [0.717, 1.165) is 15.4 Å². The van der Waals surface area contributed by atoms with Gasteiger partial charge in [0.2, 0.25) is 15.9 Å². The van der Waals surface area contributed by atoms with Crippen LogP contribution < -0.4 is 5.32 Å². The zero-order valence-corrected chi connectivity index (χ0v) is 19.3. The molecular weight excluding hydrogens is 448 g/mol. The third-order valence-corrected chi connectivity index (χ3v) is 6.86. The van der Waals surface area contributed by atoms with E-state index in [1.54, 1.807) is 24.3 Å². The summed E-state index contributed by atoms with van der Waals surface area (Å²) in [6, 6.07) is 19.7. The Bertz CT molecular complexity index is 1220. The summed E-state index contributed by atoms with van der Waals surface area (Å²) in [5.41, 5.74) is 2.67. The van der Waals surface area contributed by atoms with E-state index in [1.807, 2.05) is 31.2 Å². The number of ketones is 1. The largest absolute Gasteiger partial charge is 0.325 e. The van der Waals surface area contributed by atoms with Gasteiger partial charge in [-0.2, -0.15) is 4.31 Å². The van der Waals surface area contributed by atoms with Gasteiger partial charge in [-0.15, -0.1) is 0 Å². The van der Waals surface area contributed by atoms with Gasteiger partial charge in [0.25, 0.3) is 0 Å². The first-order valence-electron chi connectivity index (χ1n) is 9.87. The highest BCUT2D eigenvalue weighted by Crippen LogP contribution is 2.21. The van der Waals surface area contributed by atoms with Crippen LogP contribution in [0.2, 0.25) is 5.02 Å². The van der Waals surface area contributed by atoms with Crippen LogP contribution in [0.5, 0.6) is 0 Å². The highest BCUT2D eigenvalue weighted by Gasteiger charge is 2.27. The summed E-state index contributed by atoms with van der Waals surface area (Å²) >= 11 is 5.90. The zero-order chi connectivity index (χ0) is 23.3. The Morgan fingerprint density at radius 3 is 2.25 bits per heavy atom. The van der Waals surface area contributed by atoms with Gasteiger partial charge >= 0.3 is 0 Å². The predicted molar refractivity (Wildman–Crippen MR) is 125 cm³/mol. The molecule has 0 unspecified atom stereocenters. The number of rotatable bonds is 8. The molecule has 0 aromatic heterocycles. The average Bonchev–Trinajstić information content (AvgIpc) is 2.75. The third-order valence-electron chi connectivity index (χ3n) is 4.80. The van der Waals surface area contributed by atoms with Crippen LogP contribution in [0.3, 0.4) is 0 Å². The summed E-state index contributed by atoms with van der Waals surface area (Å²) in [5, 5.41) is 3.09. The number of halogens is 1. The molecule has 8 heteroatoms. The quantitative estimate of drug-likeness (QED) is 0.484. The first kappa shape index (κ1) is 23.7. The number of hydrogen-bond acceptors (Lipinski definition) is 4. The zero-order valence-electron chi connectivity index (χ0n) is 17.7. The number of hydrogen-bond donors (Lipinski definition) is 1. The lowest BCUT2D eigenvalue weighted by Gasteiger charge is -2.22. The van der Waals surface area contributed by atoms with Gasteiger partial charge in [0.05, 0.1) is 11.4 Å². The van der Waals surface area contributed by atoms with E-state index in [2.05, 4.69) is 5.32 Å². The molecule has 0 saturated heterocycles. The van der Waals surface area contributed by atoms with Crippen LogP contribution in [-0.4, -0.2) is 31.0 Å². The fraction of sp³-hybridized carbons (Fsp3) is 0.167. The summed E-state index contributed by atoms with van der Waals surface area (Å²) < 4.78 is 27.7. The minimum Gasteiger partial charge on any atom is -0.325 e. The van der Waals surface area contributed by atoms with Gasteiger partial charge in [-0.25, -0.2) is 8.42 Å². The molecule has 1 N–H and O–H groups in total. The van der Waals surface area contributed by atoms with E-state index in [1.165, 1.54) is 31.2 Å². The molecule has 3 aromatic carbocycles. The van der Waals surface area contributed by atoms with E-state index >= 15 is 0 Å². The molecule has 0 heterocycles. The monoisotopic (exact) mass is 470 g/mol. The lowest BCUT2D eigenvalue weighted by Crippen LogP contribution is -2.37. The molecule has 0 aliphatic heterocycles. The fourth-order valence-electron chi connectivity index (χ4n) is 3.06. The maximum atomic E-state index is 13.3. The van der Waals surface area contributed by atoms with Crippen molar-refractivity contribution in [2.75, 3.05) is 11.9 Å². The Morgan fingerprint density at radius 1 is 0.969 bits per heavy atom. The second kappa shape index (κ2) is 10.1. The van der Waals surface area contributed by atoms with Crippen LogP contribution in [-0.2, 0) is 21.4 Å². The Morgan fingerprint density at radius 2 is 1.62 bits per heavy atom. The topological polar surface area (TPSA) is 83.6 Å².